The predicted molar refractivity (Wildman–Crippen MR) is 110 cm³/mol. The van der Waals surface area contributed by atoms with Crippen molar-refractivity contribution in [2.24, 2.45) is 13.0 Å². The number of amides is 1. The van der Waals surface area contributed by atoms with E-state index >= 15 is 0 Å². The summed E-state index contributed by atoms with van der Waals surface area (Å²) in [5.74, 6) is -0.136. The van der Waals surface area contributed by atoms with Crippen molar-refractivity contribution >= 4 is 22.5 Å². The summed E-state index contributed by atoms with van der Waals surface area (Å²) in [6, 6.07) is 3.07. The van der Waals surface area contributed by atoms with Gasteiger partial charge < -0.3 is 10.2 Å². The molecule has 0 aromatic carbocycles. The van der Waals surface area contributed by atoms with E-state index in [1.165, 1.54) is 0 Å². The minimum atomic E-state index is -2.72. The van der Waals surface area contributed by atoms with Crippen molar-refractivity contribution in [3.8, 4) is 11.3 Å². The summed E-state index contributed by atoms with van der Waals surface area (Å²) in [5.41, 5.74) is 1.64. The SMILES string of the molecule is [2H]C([2H])([2H])N([C@H]1CC[C@H](C(=O)Nc2cc3cc(-c4cnn(C)c4)ncc3cn2)CC1)C([2H])([2H])[2H]. The third-order valence-corrected chi connectivity index (χ3v) is 5.29. The molecule has 1 N–H and O–H groups in total. The first-order chi connectivity index (χ1) is 15.9. The number of carbonyl (C=O) groups is 1. The number of anilines is 1. The van der Waals surface area contributed by atoms with Crippen LogP contribution in [0.5, 0.6) is 0 Å². The maximum atomic E-state index is 12.9. The summed E-state index contributed by atoms with van der Waals surface area (Å²) < 4.78 is 47.3. The molecule has 0 atom stereocenters. The van der Waals surface area contributed by atoms with Crippen LogP contribution in [-0.2, 0) is 11.8 Å². The lowest BCUT2D eigenvalue weighted by atomic mass is 9.85. The lowest BCUT2D eigenvalue weighted by Crippen LogP contribution is -2.35. The van der Waals surface area contributed by atoms with E-state index in [0.717, 1.165) is 22.0 Å². The van der Waals surface area contributed by atoms with E-state index in [0.29, 0.717) is 36.4 Å². The maximum absolute atomic E-state index is 12.9. The Labute approximate surface area is 173 Å². The Balaban J connectivity index is 1.43. The van der Waals surface area contributed by atoms with E-state index in [1.54, 1.807) is 29.3 Å². The van der Waals surface area contributed by atoms with Crippen molar-refractivity contribution in [3.63, 3.8) is 0 Å². The van der Waals surface area contributed by atoms with Crippen LogP contribution in [0.15, 0.2) is 36.9 Å². The molecule has 0 saturated heterocycles. The van der Waals surface area contributed by atoms with Gasteiger partial charge in [-0.25, -0.2) is 4.98 Å². The topological polar surface area (TPSA) is 75.9 Å². The zero-order valence-corrected chi connectivity index (χ0v) is 15.6. The van der Waals surface area contributed by atoms with Crippen molar-refractivity contribution in [3.05, 3.63) is 36.9 Å². The number of aryl methyl sites for hydroxylation is 1. The summed E-state index contributed by atoms with van der Waals surface area (Å²) in [6.45, 7) is -5.44. The summed E-state index contributed by atoms with van der Waals surface area (Å²) in [7, 11) is 1.83. The Morgan fingerprint density at radius 2 is 1.93 bits per heavy atom. The molecule has 7 heteroatoms. The predicted octanol–water partition coefficient (Wildman–Crippen LogP) is 3.09. The van der Waals surface area contributed by atoms with Crippen LogP contribution in [0.2, 0.25) is 0 Å². The number of pyridine rings is 2. The fourth-order valence-electron chi connectivity index (χ4n) is 3.64. The molecule has 146 valence electrons. The first-order valence-electron chi connectivity index (χ1n) is 12.3. The molecule has 0 aliphatic heterocycles. The van der Waals surface area contributed by atoms with E-state index in [9.17, 15) is 4.79 Å². The Morgan fingerprint density at radius 3 is 2.64 bits per heavy atom. The molecular formula is C21H26N6O. The Bertz CT molecular complexity index is 1170. The van der Waals surface area contributed by atoms with Gasteiger partial charge in [-0.2, -0.15) is 5.10 Å². The van der Waals surface area contributed by atoms with Gasteiger partial charge in [0.2, 0.25) is 5.91 Å². The highest BCUT2D eigenvalue weighted by Gasteiger charge is 2.27. The van der Waals surface area contributed by atoms with Gasteiger partial charge in [-0.15, -0.1) is 0 Å². The summed E-state index contributed by atoms with van der Waals surface area (Å²) in [6.07, 6.45) is 8.41. The highest BCUT2D eigenvalue weighted by atomic mass is 16.1. The number of hydrogen-bond donors (Lipinski definition) is 1. The van der Waals surface area contributed by atoms with Crippen LogP contribution in [0, 0.1) is 5.92 Å². The van der Waals surface area contributed by atoms with Gasteiger partial charge >= 0.3 is 0 Å². The molecule has 1 fully saturated rings. The first-order valence-corrected chi connectivity index (χ1v) is 9.27. The normalized spacial score (nSPS) is 23.9. The molecule has 1 aliphatic carbocycles. The molecule has 0 unspecified atom stereocenters. The molecule has 0 bridgehead atoms. The van der Waals surface area contributed by atoms with Gasteiger partial charge in [0.25, 0.3) is 0 Å². The monoisotopic (exact) mass is 384 g/mol. The third-order valence-electron chi connectivity index (χ3n) is 5.29. The fourth-order valence-corrected chi connectivity index (χ4v) is 3.64. The molecule has 7 nitrogen and oxygen atoms in total. The lowest BCUT2D eigenvalue weighted by molar-refractivity contribution is -0.121. The van der Waals surface area contributed by atoms with Gasteiger partial charge in [0.15, 0.2) is 0 Å². The number of carbonyl (C=O) groups excluding carboxylic acids is 1. The van der Waals surface area contributed by atoms with E-state index in [2.05, 4.69) is 20.4 Å². The maximum Gasteiger partial charge on any atom is 0.228 e. The van der Waals surface area contributed by atoms with Crippen LogP contribution in [0.3, 0.4) is 0 Å². The Hall–Kier alpha value is -2.80. The number of nitrogens with one attached hydrogen (secondary N) is 1. The molecule has 3 aromatic heterocycles. The second-order valence-electron chi connectivity index (χ2n) is 7.25. The van der Waals surface area contributed by atoms with Crippen LogP contribution in [-0.4, -0.2) is 50.5 Å². The molecular weight excluding hydrogens is 352 g/mol. The molecule has 0 radical (unpaired) electrons. The van der Waals surface area contributed by atoms with E-state index in [-0.39, 0.29) is 11.8 Å². The van der Waals surface area contributed by atoms with Crippen molar-refractivity contribution in [1.29, 1.82) is 0 Å². The molecule has 4 rings (SSSR count). The van der Waals surface area contributed by atoms with Gasteiger partial charge in [0, 0.05) is 56.8 Å². The average Bonchev–Trinajstić information content (AvgIpc) is 3.18. The van der Waals surface area contributed by atoms with Crippen molar-refractivity contribution < 1.29 is 13.0 Å². The van der Waals surface area contributed by atoms with Gasteiger partial charge in [0.1, 0.15) is 5.82 Å². The highest BCUT2D eigenvalue weighted by molar-refractivity contribution is 5.94. The number of fused-ring (bicyclic) bond motifs is 1. The van der Waals surface area contributed by atoms with Crippen molar-refractivity contribution in [1.82, 2.24) is 24.6 Å². The number of nitrogens with zero attached hydrogens (tertiary/aromatic N) is 5. The van der Waals surface area contributed by atoms with Crippen LogP contribution in [0.4, 0.5) is 5.82 Å². The van der Waals surface area contributed by atoms with Crippen LogP contribution in [0.1, 0.15) is 33.9 Å². The van der Waals surface area contributed by atoms with E-state index < -0.39 is 20.0 Å². The largest absolute Gasteiger partial charge is 0.310 e. The second-order valence-corrected chi connectivity index (χ2v) is 7.25. The van der Waals surface area contributed by atoms with Crippen molar-refractivity contribution in [2.45, 2.75) is 31.7 Å². The van der Waals surface area contributed by atoms with E-state index in [4.69, 9.17) is 8.22 Å². The number of hydrogen-bond acceptors (Lipinski definition) is 5. The first kappa shape index (κ1) is 12.6. The zero-order chi connectivity index (χ0) is 24.7. The summed E-state index contributed by atoms with van der Waals surface area (Å²) in [4.78, 5) is 22.2. The molecule has 1 amide bonds. The molecule has 28 heavy (non-hydrogen) atoms. The van der Waals surface area contributed by atoms with E-state index in [1.807, 2.05) is 19.3 Å². The fraction of sp³-hybridized carbons (Fsp3) is 0.429. The lowest BCUT2D eigenvalue weighted by Gasteiger charge is -2.31. The third kappa shape index (κ3) is 3.89. The molecule has 0 spiro atoms. The van der Waals surface area contributed by atoms with Gasteiger partial charge in [0.05, 0.1) is 11.9 Å². The summed E-state index contributed by atoms with van der Waals surface area (Å²) >= 11 is 0. The summed E-state index contributed by atoms with van der Waals surface area (Å²) in [5, 5.41) is 8.72. The van der Waals surface area contributed by atoms with Crippen LogP contribution in [0.25, 0.3) is 22.0 Å². The number of rotatable bonds is 4. The van der Waals surface area contributed by atoms with Gasteiger partial charge in [-0.1, -0.05) is 0 Å². The van der Waals surface area contributed by atoms with Crippen molar-refractivity contribution in [2.75, 3.05) is 19.3 Å². The molecule has 1 aliphatic rings. The molecule has 3 aromatic rings. The average molecular weight is 385 g/mol. The van der Waals surface area contributed by atoms with Crippen LogP contribution >= 0.6 is 0 Å². The second kappa shape index (κ2) is 7.67. The smallest absolute Gasteiger partial charge is 0.228 e. The van der Waals surface area contributed by atoms with Gasteiger partial charge in [-0.05, 0) is 57.2 Å². The highest BCUT2D eigenvalue weighted by Crippen LogP contribution is 2.28. The Kier molecular flexibility index (Phi) is 3.46. The zero-order valence-electron chi connectivity index (χ0n) is 21.6. The quantitative estimate of drug-likeness (QED) is 0.748. The minimum Gasteiger partial charge on any atom is -0.310 e. The standard InChI is InChI=1S/C21H26N6O/c1-26(2)18-6-4-14(5-7-18)21(28)25-20-9-15-8-19(17-12-24-27(3)13-17)22-10-16(15)11-23-20/h8-14,18H,4-7H2,1-3H3,(H,23,25,28)/t14-,18-/i1D3,2D3. The minimum absolute atomic E-state index is 0.207. The molecule has 1 saturated carbocycles. The number of aromatic nitrogens is 4. The Morgan fingerprint density at radius 1 is 1.14 bits per heavy atom. The van der Waals surface area contributed by atoms with Crippen LogP contribution < -0.4 is 5.32 Å². The molecule has 3 heterocycles. The van der Waals surface area contributed by atoms with Gasteiger partial charge in [-0.3, -0.25) is 14.5 Å².